The molecule has 0 saturated heterocycles. The third kappa shape index (κ3) is 4.57. The van der Waals surface area contributed by atoms with E-state index in [0.717, 1.165) is 18.6 Å². The maximum absolute atomic E-state index is 12.2. The number of methoxy groups -OCH3 is 2. The minimum absolute atomic E-state index is 0.00196. The highest BCUT2D eigenvalue weighted by molar-refractivity contribution is 5.91. The van der Waals surface area contributed by atoms with Crippen LogP contribution in [0.5, 0.6) is 23.0 Å². The van der Waals surface area contributed by atoms with Crippen LogP contribution in [0.25, 0.3) is 0 Å². The van der Waals surface area contributed by atoms with Crippen molar-refractivity contribution in [2.45, 2.75) is 19.3 Å². The zero-order valence-electron chi connectivity index (χ0n) is 15.0. The molecule has 2 aromatic carbocycles. The minimum Gasteiger partial charge on any atom is -0.497 e. The predicted molar refractivity (Wildman–Crippen MR) is 101 cm³/mol. The van der Waals surface area contributed by atoms with E-state index in [4.69, 9.17) is 14.2 Å². The number of allylic oxidation sites excluding steroid dienone is 2. The lowest BCUT2D eigenvalue weighted by molar-refractivity contribution is -0.116. The highest BCUT2D eigenvalue weighted by atomic mass is 16.5. The first kappa shape index (κ1) is 17.9. The largest absolute Gasteiger partial charge is 0.497 e. The molecule has 0 spiro atoms. The number of rotatable bonds is 7. The van der Waals surface area contributed by atoms with Gasteiger partial charge in [-0.2, -0.15) is 0 Å². The molecule has 1 atom stereocenters. The van der Waals surface area contributed by atoms with Gasteiger partial charge in [-0.1, -0.05) is 12.2 Å². The number of carbonyl (C=O) groups excluding carboxylic acids is 1. The molecule has 0 aromatic heterocycles. The topological polar surface area (TPSA) is 56.8 Å². The molecular weight excluding hydrogens is 330 g/mol. The summed E-state index contributed by atoms with van der Waals surface area (Å²) >= 11 is 0. The molecule has 0 bridgehead atoms. The number of carbonyl (C=O) groups is 1. The first-order valence-corrected chi connectivity index (χ1v) is 8.64. The van der Waals surface area contributed by atoms with Crippen molar-refractivity contribution in [1.29, 1.82) is 0 Å². The van der Waals surface area contributed by atoms with Gasteiger partial charge >= 0.3 is 0 Å². The Morgan fingerprint density at radius 2 is 1.81 bits per heavy atom. The van der Waals surface area contributed by atoms with Gasteiger partial charge in [-0.15, -0.1) is 0 Å². The lowest BCUT2D eigenvalue weighted by atomic mass is 10.1. The Labute approximate surface area is 153 Å². The Balaban J connectivity index is 1.70. The van der Waals surface area contributed by atoms with Gasteiger partial charge in [0.05, 0.1) is 14.2 Å². The Bertz CT molecular complexity index is 783. The Hall–Kier alpha value is -2.95. The first-order chi connectivity index (χ1) is 12.7. The summed E-state index contributed by atoms with van der Waals surface area (Å²) in [4.78, 5) is 12.2. The second-order valence-corrected chi connectivity index (χ2v) is 6.16. The molecule has 0 aliphatic heterocycles. The van der Waals surface area contributed by atoms with Gasteiger partial charge in [0.1, 0.15) is 11.5 Å². The molecule has 136 valence electrons. The van der Waals surface area contributed by atoms with Crippen LogP contribution in [0.15, 0.2) is 54.6 Å². The van der Waals surface area contributed by atoms with Crippen LogP contribution in [0.1, 0.15) is 19.3 Å². The summed E-state index contributed by atoms with van der Waals surface area (Å²) in [5.41, 5.74) is 0.682. The van der Waals surface area contributed by atoms with E-state index < -0.39 is 0 Å². The summed E-state index contributed by atoms with van der Waals surface area (Å²) in [7, 11) is 3.20. The van der Waals surface area contributed by atoms with Crippen molar-refractivity contribution in [3.8, 4) is 23.0 Å². The molecule has 1 aliphatic rings. The van der Waals surface area contributed by atoms with E-state index in [1.165, 1.54) is 0 Å². The number of hydrogen-bond acceptors (Lipinski definition) is 4. The lowest BCUT2D eigenvalue weighted by Crippen LogP contribution is -2.14. The van der Waals surface area contributed by atoms with E-state index in [2.05, 4.69) is 17.5 Å². The molecule has 26 heavy (non-hydrogen) atoms. The molecule has 0 radical (unpaired) electrons. The summed E-state index contributed by atoms with van der Waals surface area (Å²) in [5.74, 6) is 2.88. The molecule has 1 N–H and O–H groups in total. The third-order valence-electron chi connectivity index (χ3n) is 4.29. The molecule has 2 aromatic rings. The average Bonchev–Trinajstić information content (AvgIpc) is 3.15. The van der Waals surface area contributed by atoms with Crippen LogP contribution in [0.4, 0.5) is 5.69 Å². The van der Waals surface area contributed by atoms with Gasteiger partial charge in [-0.3, -0.25) is 4.79 Å². The van der Waals surface area contributed by atoms with Gasteiger partial charge in [-0.25, -0.2) is 0 Å². The van der Waals surface area contributed by atoms with E-state index >= 15 is 0 Å². The van der Waals surface area contributed by atoms with Gasteiger partial charge in [-0.05, 0) is 55.2 Å². The minimum atomic E-state index is 0.00196. The van der Waals surface area contributed by atoms with Crippen LogP contribution >= 0.6 is 0 Å². The Kier molecular flexibility index (Phi) is 5.79. The van der Waals surface area contributed by atoms with Gasteiger partial charge in [0, 0.05) is 18.2 Å². The van der Waals surface area contributed by atoms with Crippen molar-refractivity contribution in [2.24, 2.45) is 5.92 Å². The fourth-order valence-corrected chi connectivity index (χ4v) is 2.92. The summed E-state index contributed by atoms with van der Waals surface area (Å²) in [6.45, 7) is 0. The zero-order chi connectivity index (χ0) is 18.4. The molecule has 1 aliphatic carbocycles. The number of nitrogens with one attached hydrogen (secondary N) is 1. The zero-order valence-corrected chi connectivity index (χ0v) is 15.0. The fraction of sp³-hybridized carbons (Fsp3) is 0.286. The molecule has 3 rings (SSSR count). The predicted octanol–water partition coefficient (Wildman–Crippen LogP) is 4.79. The molecule has 0 unspecified atom stereocenters. The Morgan fingerprint density at radius 1 is 1.04 bits per heavy atom. The number of ether oxygens (including phenoxy) is 3. The summed E-state index contributed by atoms with van der Waals surface area (Å²) < 4.78 is 16.4. The summed E-state index contributed by atoms with van der Waals surface area (Å²) in [6.07, 6.45) is 6.84. The van der Waals surface area contributed by atoms with Crippen molar-refractivity contribution in [3.05, 3.63) is 54.6 Å². The smallest absolute Gasteiger partial charge is 0.224 e. The van der Waals surface area contributed by atoms with E-state index in [1.807, 2.05) is 30.3 Å². The molecule has 0 saturated carbocycles. The van der Waals surface area contributed by atoms with E-state index in [-0.39, 0.29) is 5.91 Å². The number of benzene rings is 2. The molecule has 0 fully saturated rings. The maximum atomic E-state index is 12.2. The van der Waals surface area contributed by atoms with Crippen LogP contribution in [-0.4, -0.2) is 20.1 Å². The fourth-order valence-electron chi connectivity index (χ4n) is 2.92. The van der Waals surface area contributed by atoms with Gasteiger partial charge in [0.15, 0.2) is 11.5 Å². The number of anilines is 1. The maximum Gasteiger partial charge on any atom is 0.224 e. The highest BCUT2D eigenvalue weighted by Gasteiger charge is 2.15. The van der Waals surface area contributed by atoms with Crippen molar-refractivity contribution in [2.75, 3.05) is 19.5 Å². The summed E-state index contributed by atoms with van der Waals surface area (Å²) in [5, 5.41) is 2.94. The quantitative estimate of drug-likeness (QED) is 0.727. The standard InChI is InChI=1S/C21H23NO4/c1-24-17-8-10-18(11-9-17)26-20-14-16(7-12-19(20)25-2)22-21(23)13-15-5-3-4-6-15/h3,5,7-12,14-15H,4,6,13H2,1-2H3,(H,22,23)/t15-/m0/s1. The van der Waals surface area contributed by atoms with Crippen molar-refractivity contribution >= 4 is 11.6 Å². The first-order valence-electron chi connectivity index (χ1n) is 8.64. The van der Waals surface area contributed by atoms with Crippen LogP contribution < -0.4 is 19.5 Å². The second kappa shape index (κ2) is 8.43. The van der Waals surface area contributed by atoms with Crippen LogP contribution in [0.2, 0.25) is 0 Å². The van der Waals surface area contributed by atoms with Crippen molar-refractivity contribution < 1.29 is 19.0 Å². The van der Waals surface area contributed by atoms with Crippen LogP contribution in [-0.2, 0) is 4.79 Å². The SMILES string of the molecule is COc1ccc(Oc2cc(NC(=O)C[C@H]3C=CCC3)ccc2OC)cc1. The Morgan fingerprint density at radius 3 is 2.46 bits per heavy atom. The van der Waals surface area contributed by atoms with Crippen LogP contribution in [0, 0.1) is 5.92 Å². The molecule has 1 amide bonds. The molecule has 0 heterocycles. The van der Waals surface area contributed by atoms with Gasteiger partial charge < -0.3 is 19.5 Å². The van der Waals surface area contributed by atoms with Gasteiger partial charge in [0.2, 0.25) is 5.91 Å². The van der Waals surface area contributed by atoms with E-state index in [9.17, 15) is 4.79 Å². The average molecular weight is 353 g/mol. The normalized spacial score (nSPS) is 15.5. The van der Waals surface area contributed by atoms with Crippen molar-refractivity contribution in [1.82, 2.24) is 0 Å². The third-order valence-corrected chi connectivity index (χ3v) is 4.29. The number of hydrogen-bond donors (Lipinski definition) is 1. The van der Waals surface area contributed by atoms with Gasteiger partial charge in [0.25, 0.3) is 0 Å². The lowest BCUT2D eigenvalue weighted by Gasteiger charge is -2.14. The second-order valence-electron chi connectivity index (χ2n) is 6.16. The molecule has 5 heteroatoms. The molecule has 5 nitrogen and oxygen atoms in total. The van der Waals surface area contributed by atoms with Crippen LogP contribution in [0.3, 0.4) is 0 Å². The molecular formula is C21H23NO4. The highest BCUT2D eigenvalue weighted by Crippen LogP contribution is 2.34. The monoisotopic (exact) mass is 353 g/mol. The van der Waals surface area contributed by atoms with Crippen molar-refractivity contribution in [3.63, 3.8) is 0 Å². The summed E-state index contributed by atoms with van der Waals surface area (Å²) in [6, 6.07) is 12.6. The number of amides is 1. The van der Waals surface area contributed by atoms with E-state index in [1.54, 1.807) is 26.4 Å². The van der Waals surface area contributed by atoms with E-state index in [0.29, 0.717) is 35.3 Å².